The SMILES string of the molecule is CCCCCCCCCCCCCC(=O)OC[C@H](COP(=O)(O)OC[C@H](N)C(=O)O)OC(=O)CCCCCCCCC. The monoisotopic (exact) mass is 623 g/mol. The molecule has 4 N–H and O–H groups in total. The summed E-state index contributed by atoms with van der Waals surface area (Å²) in [5.74, 6) is -2.38. The fraction of sp³-hybridized carbons (Fsp3) is 0.900. The summed E-state index contributed by atoms with van der Waals surface area (Å²) >= 11 is 0. The number of unbranched alkanes of at least 4 members (excludes halogenated alkanes) is 16. The summed E-state index contributed by atoms with van der Waals surface area (Å²) in [6, 6.07) is -1.51. The normalized spacial score (nSPS) is 14.2. The molecule has 12 heteroatoms. The van der Waals surface area contributed by atoms with Gasteiger partial charge in [-0.25, -0.2) is 4.57 Å². The van der Waals surface area contributed by atoms with Gasteiger partial charge >= 0.3 is 25.7 Å². The first-order valence-corrected chi connectivity index (χ1v) is 17.6. The zero-order chi connectivity index (χ0) is 31.5. The van der Waals surface area contributed by atoms with Crippen molar-refractivity contribution >= 4 is 25.7 Å². The number of nitrogens with two attached hydrogens (primary N) is 1. The van der Waals surface area contributed by atoms with Crippen LogP contribution in [0.2, 0.25) is 0 Å². The Labute approximate surface area is 253 Å². The molecule has 0 aliphatic rings. The topological polar surface area (TPSA) is 172 Å². The van der Waals surface area contributed by atoms with Crippen molar-refractivity contribution in [3.05, 3.63) is 0 Å². The standard InChI is InChI=1S/C30H58NO10P/c1-3-5-7-9-11-12-13-14-16-17-19-21-28(32)38-23-26(24-39-42(36,37)40-25-27(31)30(34)35)41-29(33)22-20-18-15-10-8-6-4-2/h26-27H,3-25,31H2,1-2H3,(H,34,35)(H,36,37)/t26-,27+/m1/s1. The highest BCUT2D eigenvalue weighted by Crippen LogP contribution is 2.43. The van der Waals surface area contributed by atoms with E-state index in [1.54, 1.807) is 0 Å². The molecular weight excluding hydrogens is 565 g/mol. The van der Waals surface area contributed by atoms with Crippen LogP contribution >= 0.6 is 7.82 Å². The number of phosphoric acid groups is 1. The lowest BCUT2D eigenvalue weighted by Gasteiger charge is -2.20. The first-order chi connectivity index (χ1) is 20.1. The third-order valence-electron chi connectivity index (χ3n) is 6.86. The highest BCUT2D eigenvalue weighted by Gasteiger charge is 2.28. The minimum Gasteiger partial charge on any atom is -0.480 e. The van der Waals surface area contributed by atoms with Crippen molar-refractivity contribution in [1.29, 1.82) is 0 Å². The first-order valence-electron chi connectivity index (χ1n) is 16.1. The fourth-order valence-corrected chi connectivity index (χ4v) is 5.02. The second kappa shape index (κ2) is 27.1. The van der Waals surface area contributed by atoms with Gasteiger partial charge in [0.15, 0.2) is 6.10 Å². The summed E-state index contributed by atoms with van der Waals surface area (Å²) in [7, 11) is -4.69. The molecule has 0 aromatic heterocycles. The van der Waals surface area contributed by atoms with Crippen molar-refractivity contribution in [1.82, 2.24) is 0 Å². The van der Waals surface area contributed by atoms with Crippen LogP contribution in [0.3, 0.4) is 0 Å². The number of phosphoric ester groups is 1. The summed E-state index contributed by atoms with van der Waals surface area (Å²) in [5.41, 5.74) is 5.28. The number of rotatable bonds is 30. The number of carbonyl (C=O) groups is 3. The molecule has 0 radical (unpaired) electrons. The predicted octanol–water partition coefficient (Wildman–Crippen LogP) is 6.83. The van der Waals surface area contributed by atoms with E-state index in [9.17, 15) is 23.8 Å². The maximum absolute atomic E-state index is 12.4. The van der Waals surface area contributed by atoms with E-state index in [2.05, 4.69) is 18.4 Å². The summed E-state index contributed by atoms with van der Waals surface area (Å²) in [6.07, 6.45) is 19.3. The van der Waals surface area contributed by atoms with Crippen LogP contribution in [-0.4, -0.2) is 59.9 Å². The molecule has 0 amide bonds. The van der Waals surface area contributed by atoms with E-state index in [1.807, 2.05) is 0 Å². The molecule has 0 heterocycles. The Morgan fingerprint density at radius 3 is 1.50 bits per heavy atom. The average Bonchev–Trinajstić information content (AvgIpc) is 2.95. The molecule has 11 nitrogen and oxygen atoms in total. The molecule has 0 bridgehead atoms. The van der Waals surface area contributed by atoms with Gasteiger partial charge in [0, 0.05) is 12.8 Å². The highest BCUT2D eigenvalue weighted by molar-refractivity contribution is 7.47. The Morgan fingerprint density at radius 1 is 0.643 bits per heavy atom. The largest absolute Gasteiger partial charge is 0.480 e. The molecule has 0 aliphatic carbocycles. The van der Waals surface area contributed by atoms with Crippen molar-refractivity contribution in [2.24, 2.45) is 5.73 Å². The van der Waals surface area contributed by atoms with Gasteiger partial charge in [0.2, 0.25) is 0 Å². The minimum atomic E-state index is -4.69. The van der Waals surface area contributed by atoms with Crippen molar-refractivity contribution in [2.45, 2.75) is 154 Å². The molecule has 3 atom stereocenters. The van der Waals surface area contributed by atoms with Crippen molar-refractivity contribution < 1.29 is 47.5 Å². The second-order valence-corrected chi connectivity index (χ2v) is 12.4. The van der Waals surface area contributed by atoms with Crippen LogP contribution in [0.5, 0.6) is 0 Å². The van der Waals surface area contributed by atoms with Gasteiger partial charge < -0.3 is 25.2 Å². The number of hydrogen-bond donors (Lipinski definition) is 3. The number of carboxylic acids is 1. The molecule has 0 fully saturated rings. The lowest BCUT2D eigenvalue weighted by atomic mass is 10.1. The molecular formula is C30H58NO10P. The third kappa shape index (κ3) is 26.1. The number of carboxylic acid groups (broad SMARTS) is 1. The molecule has 0 spiro atoms. The van der Waals surface area contributed by atoms with E-state index in [-0.39, 0.29) is 19.4 Å². The molecule has 0 saturated heterocycles. The molecule has 0 aromatic rings. The van der Waals surface area contributed by atoms with Crippen molar-refractivity contribution in [3.8, 4) is 0 Å². The molecule has 0 rings (SSSR count). The van der Waals surface area contributed by atoms with Crippen LogP contribution in [0.1, 0.15) is 142 Å². The molecule has 42 heavy (non-hydrogen) atoms. The quantitative estimate of drug-likeness (QED) is 0.0435. The Kier molecular flexibility index (Phi) is 26.1. The number of ether oxygens (including phenoxy) is 2. The molecule has 1 unspecified atom stereocenters. The predicted molar refractivity (Wildman–Crippen MR) is 162 cm³/mol. The van der Waals surface area contributed by atoms with E-state index in [0.717, 1.165) is 44.9 Å². The molecule has 0 aromatic carbocycles. The molecule has 0 aliphatic heterocycles. The maximum atomic E-state index is 12.4. The minimum absolute atomic E-state index is 0.164. The van der Waals surface area contributed by atoms with Gasteiger partial charge in [-0.3, -0.25) is 23.4 Å². The molecule has 0 saturated carbocycles. The Hall–Kier alpha value is -1.52. The summed E-state index contributed by atoms with van der Waals surface area (Å²) in [5, 5.41) is 8.80. The van der Waals surface area contributed by atoms with Gasteiger partial charge in [-0.15, -0.1) is 0 Å². The smallest absolute Gasteiger partial charge is 0.472 e. The number of carbonyl (C=O) groups excluding carboxylic acids is 2. The van der Waals surface area contributed by atoms with Gasteiger partial charge in [-0.2, -0.15) is 0 Å². The van der Waals surface area contributed by atoms with Crippen LogP contribution in [0, 0.1) is 0 Å². The Balaban J connectivity index is 4.49. The lowest BCUT2D eigenvalue weighted by Crippen LogP contribution is -2.34. The maximum Gasteiger partial charge on any atom is 0.472 e. The highest BCUT2D eigenvalue weighted by atomic mass is 31.2. The third-order valence-corrected chi connectivity index (χ3v) is 7.81. The fourth-order valence-electron chi connectivity index (χ4n) is 4.24. The average molecular weight is 624 g/mol. The second-order valence-electron chi connectivity index (χ2n) is 11.0. The number of hydrogen-bond acceptors (Lipinski definition) is 9. The van der Waals surface area contributed by atoms with Gasteiger partial charge in [0.05, 0.1) is 13.2 Å². The summed E-state index contributed by atoms with van der Waals surface area (Å²) < 4.78 is 32.3. The van der Waals surface area contributed by atoms with Gasteiger partial charge in [0.1, 0.15) is 12.6 Å². The summed E-state index contributed by atoms with van der Waals surface area (Å²) in [6.45, 7) is 2.70. The van der Waals surface area contributed by atoms with Gasteiger partial charge in [-0.1, -0.05) is 117 Å². The van der Waals surface area contributed by atoms with Crippen LogP contribution < -0.4 is 5.73 Å². The Bertz CT molecular complexity index is 752. The van der Waals surface area contributed by atoms with Gasteiger partial charge in [-0.05, 0) is 12.8 Å². The summed E-state index contributed by atoms with van der Waals surface area (Å²) in [4.78, 5) is 45.3. The zero-order valence-electron chi connectivity index (χ0n) is 26.1. The van der Waals surface area contributed by atoms with E-state index in [0.29, 0.717) is 12.8 Å². The number of esters is 2. The van der Waals surface area contributed by atoms with Crippen molar-refractivity contribution in [3.63, 3.8) is 0 Å². The van der Waals surface area contributed by atoms with E-state index in [4.69, 9.17) is 24.8 Å². The van der Waals surface area contributed by atoms with E-state index < -0.39 is 51.1 Å². The first kappa shape index (κ1) is 40.5. The Morgan fingerprint density at radius 2 is 1.05 bits per heavy atom. The van der Waals surface area contributed by atoms with E-state index in [1.165, 1.54) is 57.8 Å². The van der Waals surface area contributed by atoms with E-state index >= 15 is 0 Å². The van der Waals surface area contributed by atoms with Crippen LogP contribution in [0.25, 0.3) is 0 Å². The van der Waals surface area contributed by atoms with Crippen LogP contribution in [0.15, 0.2) is 0 Å². The van der Waals surface area contributed by atoms with Gasteiger partial charge in [0.25, 0.3) is 0 Å². The molecule has 248 valence electrons. The number of aliphatic carboxylic acids is 1. The van der Waals surface area contributed by atoms with Crippen LogP contribution in [0.4, 0.5) is 0 Å². The lowest BCUT2D eigenvalue weighted by molar-refractivity contribution is -0.161. The van der Waals surface area contributed by atoms with Crippen LogP contribution in [-0.2, 0) is 37.5 Å². The zero-order valence-corrected chi connectivity index (χ0v) is 27.0. The van der Waals surface area contributed by atoms with Crippen molar-refractivity contribution in [2.75, 3.05) is 19.8 Å².